The van der Waals surface area contributed by atoms with Crippen LogP contribution in [0.5, 0.6) is 0 Å². The molecule has 0 fully saturated rings. The van der Waals surface area contributed by atoms with Crippen LogP contribution in [0.15, 0.2) is 48.5 Å². The molecule has 10 nitrogen and oxygen atoms in total. The molecule has 0 radical (unpaired) electrons. The lowest BCUT2D eigenvalue weighted by molar-refractivity contribution is -0.139. The Bertz CT molecular complexity index is 1150. The summed E-state index contributed by atoms with van der Waals surface area (Å²) in [6.45, 7) is 9.45. The predicted molar refractivity (Wildman–Crippen MR) is 143 cm³/mol. The van der Waals surface area contributed by atoms with Crippen molar-refractivity contribution in [3.8, 4) is 11.1 Å². The standard InChI is InChI=1S/C29H36N2O8/c1-28(2,3)38-26(35)31(27(36)39-29(4,5)6)16-15-23(24(32)33)30-25(34)37-17-22-20-13-9-7-11-18(20)19-12-8-10-14-21(19)22/h7-14,22-23H,15-17H2,1-6H3,(H,30,34)(H,32,33)/t23-/m0/s1. The van der Waals surface area contributed by atoms with Gasteiger partial charge in [0.05, 0.1) is 0 Å². The van der Waals surface area contributed by atoms with E-state index in [1.54, 1.807) is 41.5 Å². The summed E-state index contributed by atoms with van der Waals surface area (Å²) in [6, 6.07) is 14.3. The highest BCUT2D eigenvalue weighted by Crippen LogP contribution is 2.44. The number of benzene rings is 2. The minimum absolute atomic E-state index is 0.00808. The number of nitrogens with zero attached hydrogens (tertiary/aromatic N) is 1. The lowest BCUT2D eigenvalue weighted by Crippen LogP contribution is -2.47. The third-order valence-electron chi connectivity index (χ3n) is 5.80. The van der Waals surface area contributed by atoms with Crippen molar-refractivity contribution in [3.05, 3.63) is 59.7 Å². The lowest BCUT2D eigenvalue weighted by atomic mass is 9.98. The van der Waals surface area contributed by atoms with Gasteiger partial charge in [0.1, 0.15) is 23.9 Å². The number of hydrogen-bond donors (Lipinski definition) is 2. The van der Waals surface area contributed by atoms with E-state index in [1.165, 1.54) is 0 Å². The monoisotopic (exact) mass is 540 g/mol. The Hall–Kier alpha value is -4.08. The first-order chi connectivity index (χ1) is 18.2. The predicted octanol–water partition coefficient (Wildman–Crippen LogP) is 5.54. The molecule has 2 aromatic rings. The molecule has 0 unspecified atom stereocenters. The van der Waals surface area contributed by atoms with E-state index in [-0.39, 0.29) is 25.5 Å². The summed E-state index contributed by atoms with van der Waals surface area (Å²) in [6.07, 6.45) is -3.19. The van der Waals surface area contributed by atoms with Crippen LogP contribution in [0.1, 0.15) is 65.0 Å². The normalized spacial score (nSPS) is 13.5. The van der Waals surface area contributed by atoms with Crippen LogP contribution in [0.3, 0.4) is 0 Å². The van der Waals surface area contributed by atoms with Gasteiger partial charge in [0.25, 0.3) is 0 Å². The molecule has 10 heteroatoms. The van der Waals surface area contributed by atoms with E-state index in [9.17, 15) is 24.3 Å². The van der Waals surface area contributed by atoms with Crippen molar-refractivity contribution in [2.75, 3.05) is 13.2 Å². The van der Waals surface area contributed by atoms with Crippen molar-refractivity contribution < 1.29 is 38.5 Å². The lowest BCUT2D eigenvalue weighted by Gasteiger charge is -2.29. The summed E-state index contributed by atoms with van der Waals surface area (Å²) >= 11 is 0. The summed E-state index contributed by atoms with van der Waals surface area (Å²) in [4.78, 5) is 50.6. The molecule has 0 heterocycles. The van der Waals surface area contributed by atoms with Crippen molar-refractivity contribution in [1.29, 1.82) is 0 Å². The molecule has 0 aliphatic heterocycles. The number of carbonyl (C=O) groups excluding carboxylic acids is 3. The van der Waals surface area contributed by atoms with E-state index in [0.29, 0.717) is 4.90 Å². The van der Waals surface area contributed by atoms with E-state index < -0.39 is 41.5 Å². The molecule has 3 rings (SSSR count). The van der Waals surface area contributed by atoms with Crippen LogP contribution >= 0.6 is 0 Å². The van der Waals surface area contributed by atoms with Crippen LogP contribution < -0.4 is 5.32 Å². The Morgan fingerprint density at radius 3 is 1.74 bits per heavy atom. The molecular weight excluding hydrogens is 504 g/mol. The molecular formula is C29H36N2O8. The number of amides is 3. The summed E-state index contributed by atoms with van der Waals surface area (Å²) in [5, 5.41) is 12.0. The van der Waals surface area contributed by atoms with Crippen molar-refractivity contribution in [2.24, 2.45) is 0 Å². The SMILES string of the molecule is CC(C)(C)OC(=O)N(CC[C@H](NC(=O)OCC1c2ccccc2-c2ccccc21)C(=O)O)C(=O)OC(C)(C)C. The highest BCUT2D eigenvalue weighted by atomic mass is 16.6. The fourth-order valence-corrected chi connectivity index (χ4v) is 4.19. The summed E-state index contributed by atoms with van der Waals surface area (Å²) in [7, 11) is 0. The highest BCUT2D eigenvalue weighted by Gasteiger charge is 2.33. The first-order valence-corrected chi connectivity index (χ1v) is 12.7. The largest absolute Gasteiger partial charge is 0.480 e. The second kappa shape index (κ2) is 11.8. The van der Waals surface area contributed by atoms with Crippen molar-refractivity contribution in [3.63, 3.8) is 0 Å². The average Bonchev–Trinajstić information content (AvgIpc) is 3.13. The van der Waals surface area contributed by atoms with Gasteiger partial charge in [0, 0.05) is 12.5 Å². The second-order valence-electron chi connectivity index (χ2n) is 11.3. The van der Waals surface area contributed by atoms with Crippen molar-refractivity contribution in [1.82, 2.24) is 10.2 Å². The molecule has 2 N–H and O–H groups in total. The third-order valence-corrected chi connectivity index (χ3v) is 5.80. The Morgan fingerprint density at radius 2 is 1.31 bits per heavy atom. The van der Waals surface area contributed by atoms with Gasteiger partial charge in [0.15, 0.2) is 0 Å². The van der Waals surface area contributed by atoms with Gasteiger partial charge in [-0.2, -0.15) is 0 Å². The number of carboxylic acid groups (broad SMARTS) is 1. The molecule has 0 saturated carbocycles. The Balaban J connectivity index is 1.65. The third kappa shape index (κ3) is 7.95. The van der Waals surface area contributed by atoms with E-state index in [2.05, 4.69) is 5.32 Å². The van der Waals surface area contributed by atoms with E-state index in [1.807, 2.05) is 48.5 Å². The first kappa shape index (κ1) is 29.5. The fourth-order valence-electron chi connectivity index (χ4n) is 4.19. The smallest absolute Gasteiger partial charge is 0.419 e. The minimum atomic E-state index is -1.44. The highest BCUT2D eigenvalue weighted by molar-refractivity contribution is 5.88. The number of rotatable bonds is 7. The minimum Gasteiger partial charge on any atom is -0.480 e. The number of ether oxygens (including phenoxy) is 3. The van der Waals surface area contributed by atoms with Gasteiger partial charge in [0.2, 0.25) is 0 Å². The number of carboxylic acids is 1. The number of nitrogens with one attached hydrogen (secondary N) is 1. The molecule has 0 spiro atoms. The number of hydrogen-bond acceptors (Lipinski definition) is 7. The van der Waals surface area contributed by atoms with Gasteiger partial charge in [-0.25, -0.2) is 24.1 Å². The quantitative estimate of drug-likeness (QED) is 0.438. The van der Waals surface area contributed by atoms with E-state index in [0.717, 1.165) is 22.3 Å². The molecule has 3 amide bonds. The van der Waals surface area contributed by atoms with Crippen LogP contribution in [-0.2, 0) is 19.0 Å². The number of fused-ring (bicyclic) bond motifs is 3. The number of aliphatic carboxylic acids is 1. The molecule has 0 bridgehead atoms. The van der Waals surface area contributed by atoms with Crippen LogP contribution in [0.4, 0.5) is 14.4 Å². The summed E-state index contributed by atoms with van der Waals surface area (Å²) in [5.41, 5.74) is 2.37. The maximum Gasteiger partial charge on any atom is 0.419 e. The van der Waals surface area contributed by atoms with Crippen LogP contribution in [-0.4, -0.2) is 64.7 Å². The van der Waals surface area contributed by atoms with Crippen molar-refractivity contribution >= 4 is 24.2 Å². The maximum atomic E-state index is 12.7. The van der Waals surface area contributed by atoms with E-state index >= 15 is 0 Å². The topological polar surface area (TPSA) is 131 Å². The molecule has 1 atom stereocenters. The van der Waals surface area contributed by atoms with Gasteiger partial charge in [-0.1, -0.05) is 48.5 Å². The van der Waals surface area contributed by atoms with Crippen LogP contribution in [0.25, 0.3) is 11.1 Å². The van der Waals surface area contributed by atoms with Crippen molar-refractivity contribution in [2.45, 2.75) is 71.1 Å². The van der Waals surface area contributed by atoms with Gasteiger partial charge in [-0.05, 0) is 70.2 Å². The molecule has 0 saturated heterocycles. The van der Waals surface area contributed by atoms with Gasteiger partial charge >= 0.3 is 24.2 Å². The molecule has 2 aromatic carbocycles. The Labute approximate surface area is 228 Å². The zero-order valence-electron chi connectivity index (χ0n) is 23.1. The van der Waals surface area contributed by atoms with Crippen LogP contribution in [0, 0.1) is 0 Å². The van der Waals surface area contributed by atoms with Crippen LogP contribution in [0.2, 0.25) is 0 Å². The fraction of sp³-hybridized carbons (Fsp3) is 0.448. The van der Waals surface area contributed by atoms with E-state index in [4.69, 9.17) is 14.2 Å². The number of alkyl carbamates (subject to hydrolysis) is 1. The molecule has 210 valence electrons. The summed E-state index contributed by atoms with van der Waals surface area (Å²) < 4.78 is 16.0. The molecule has 1 aliphatic carbocycles. The zero-order valence-corrected chi connectivity index (χ0v) is 23.1. The Morgan fingerprint density at radius 1 is 0.846 bits per heavy atom. The van der Waals surface area contributed by atoms with Gasteiger partial charge < -0.3 is 24.6 Å². The second-order valence-corrected chi connectivity index (χ2v) is 11.3. The maximum absolute atomic E-state index is 12.7. The number of imide groups is 1. The molecule has 39 heavy (non-hydrogen) atoms. The average molecular weight is 541 g/mol. The van der Waals surface area contributed by atoms with Gasteiger partial charge in [-0.3, -0.25) is 0 Å². The number of carbonyl (C=O) groups is 4. The zero-order chi connectivity index (χ0) is 29.0. The Kier molecular flexibility index (Phi) is 8.88. The first-order valence-electron chi connectivity index (χ1n) is 12.7. The summed E-state index contributed by atoms with van der Waals surface area (Å²) in [5.74, 6) is -1.54. The molecule has 0 aromatic heterocycles. The van der Waals surface area contributed by atoms with Gasteiger partial charge in [-0.15, -0.1) is 0 Å². The molecule has 1 aliphatic rings.